The Morgan fingerprint density at radius 1 is 1.38 bits per heavy atom. The third kappa shape index (κ3) is 2.74. The van der Waals surface area contributed by atoms with Gasteiger partial charge in [-0.3, -0.25) is 0 Å². The summed E-state index contributed by atoms with van der Waals surface area (Å²) >= 11 is 0. The zero-order valence-corrected chi connectivity index (χ0v) is 12.3. The van der Waals surface area contributed by atoms with E-state index in [1.54, 1.807) is 26.0 Å². The van der Waals surface area contributed by atoms with Crippen molar-refractivity contribution in [3.63, 3.8) is 0 Å². The zero-order valence-electron chi connectivity index (χ0n) is 12.3. The first-order valence-electron chi connectivity index (χ1n) is 6.73. The highest BCUT2D eigenvalue weighted by Gasteiger charge is 2.48. The summed E-state index contributed by atoms with van der Waals surface area (Å²) in [7, 11) is 0. The summed E-state index contributed by atoms with van der Waals surface area (Å²) in [5.74, 6) is -1.61. The van der Waals surface area contributed by atoms with E-state index in [2.05, 4.69) is 5.10 Å². The van der Waals surface area contributed by atoms with E-state index in [1.807, 2.05) is 19.1 Å². The summed E-state index contributed by atoms with van der Waals surface area (Å²) in [6, 6.07) is 7.31. The standard InChI is InChI=1S/C15H18N2O4/c1-4-21-13(18)12-9-15(3,14(19)20)17(16-12)11-7-5-10(2)6-8-11/h5-8H,4,9H2,1-3H3,(H,19,20)/t15-/m0/s1. The lowest BCUT2D eigenvalue weighted by atomic mass is 9.95. The molecule has 1 aliphatic heterocycles. The highest BCUT2D eigenvalue weighted by Crippen LogP contribution is 2.33. The molecule has 0 unspecified atom stereocenters. The van der Waals surface area contributed by atoms with Gasteiger partial charge < -0.3 is 9.84 Å². The van der Waals surface area contributed by atoms with Crippen molar-refractivity contribution in [2.24, 2.45) is 5.10 Å². The van der Waals surface area contributed by atoms with E-state index in [0.717, 1.165) is 5.56 Å². The normalized spacial score (nSPS) is 21.1. The molecule has 0 saturated carbocycles. The van der Waals surface area contributed by atoms with Gasteiger partial charge in [0.2, 0.25) is 0 Å². The molecule has 1 aliphatic rings. The second-order valence-corrected chi connectivity index (χ2v) is 5.17. The van der Waals surface area contributed by atoms with E-state index >= 15 is 0 Å². The highest BCUT2D eigenvalue weighted by molar-refractivity contribution is 6.38. The quantitative estimate of drug-likeness (QED) is 0.858. The van der Waals surface area contributed by atoms with Crippen LogP contribution in [0.4, 0.5) is 5.69 Å². The minimum Gasteiger partial charge on any atom is -0.479 e. The van der Waals surface area contributed by atoms with Crippen LogP contribution in [0.3, 0.4) is 0 Å². The van der Waals surface area contributed by atoms with Crippen molar-refractivity contribution in [1.29, 1.82) is 0 Å². The summed E-state index contributed by atoms with van der Waals surface area (Å²) in [5.41, 5.74) is 0.522. The SMILES string of the molecule is CCOC(=O)C1=NN(c2ccc(C)cc2)[C@](C)(C(=O)O)C1. The molecule has 0 aliphatic carbocycles. The average Bonchev–Trinajstić information content (AvgIpc) is 2.80. The highest BCUT2D eigenvalue weighted by atomic mass is 16.5. The Morgan fingerprint density at radius 3 is 2.52 bits per heavy atom. The topological polar surface area (TPSA) is 79.2 Å². The molecule has 0 radical (unpaired) electrons. The van der Waals surface area contributed by atoms with E-state index in [4.69, 9.17) is 4.74 Å². The number of rotatable bonds is 4. The molecule has 1 atom stereocenters. The van der Waals surface area contributed by atoms with Crippen molar-refractivity contribution >= 4 is 23.3 Å². The van der Waals surface area contributed by atoms with Crippen LogP contribution in [0.1, 0.15) is 25.8 Å². The molecule has 0 bridgehead atoms. The summed E-state index contributed by atoms with van der Waals surface area (Å²) < 4.78 is 4.91. The Labute approximate surface area is 123 Å². The number of aliphatic carboxylic acids is 1. The van der Waals surface area contributed by atoms with Gasteiger partial charge >= 0.3 is 11.9 Å². The summed E-state index contributed by atoms with van der Waals surface area (Å²) in [6.45, 7) is 5.41. The van der Waals surface area contributed by atoms with Crippen molar-refractivity contribution in [3.8, 4) is 0 Å². The monoisotopic (exact) mass is 290 g/mol. The third-order valence-corrected chi connectivity index (χ3v) is 3.45. The first-order chi connectivity index (χ1) is 9.88. The van der Waals surface area contributed by atoms with Gasteiger partial charge in [0.1, 0.15) is 5.71 Å². The lowest BCUT2D eigenvalue weighted by molar-refractivity contribution is -0.142. The number of hydrogen-bond acceptors (Lipinski definition) is 5. The molecule has 0 saturated heterocycles. The molecule has 21 heavy (non-hydrogen) atoms. The van der Waals surface area contributed by atoms with Gasteiger partial charge in [0.15, 0.2) is 5.54 Å². The van der Waals surface area contributed by atoms with Crippen LogP contribution in [-0.4, -0.2) is 34.9 Å². The maximum atomic E-state index is 11.8. The minimum absolute atomic E-state index is 0.00897. The molecule has 1 heterocycles. The van der Waals surface area contributed by atoms with E-state index < -0.39 is 17.5 Å². The van der Waals surface area contributed by atoms with Crippen molar-refractivity contribution in [2.75, 3.05) is 11.6 Å². The Bertz CT molecular complexity index is 594. The summed E-state index contributed by atoms with van der Waals surface area (Å²) in [6.07, 6.45) is 0.00897. The average molecular weight is 290 g/mol. The predicted octanol–water partition coefficient (Wildman–Crippen LogP) is 1.97. The minimum atomic E-state index is -1.29. The lowest BCUT2D eigenvalue weighted by Gasteiger charge is -2.30. The first kappa shape index (κ1) is 15.0. The first-order valence-corrected chi connectivity index (χ1v) is 6.73. The van der Waals surface area contributed by atoms with Gasteiger partial charge in [-0.15, -0.1) is 0 Å². The van der Waals surface area contributed by atoms with Gasteiger partial charge in [0, 0.05) is 6.42 Å². The summed E-state index contributed by atoms with van der Waals surface area (Å²) in [4.78, 5) is 23.4. The molecular formula is C15H18N2O4. The van der Waals surface area contributed by atoms with Crippen molar-refractivity contribution in [1.82, 2.24) is 0 Å². The number of carboxylic acid groups (broad SMARTS) is 1. The predicted molar refractivity (Wildman–Crippen MR) is 78.4 cm³/mol. The number of aryl methyl sites for hydroxylation is 1. The van der Waals surface area contributed by atoms with Crippen LogP contribution in [0.5, 0.6) is 0 Å². The van der Waals surface area contributed by atoms with Gasteiger partial charge in [-0.1, -0.05) is 17.7 Å². The van der Waals surface area contributed by atoms with Crippen molar-refractivity contribution in [2.45, 2.75) is 32.7 Å². The maximum Gasteiger partial charge on any atom is 0.354 e. The van der Waals surface area contributed by atoms with Crippen LogP contribution >= 0.6 is 0 Å². The number of carbonyl (C=O) groups is 2. The molecule has 6 nitrogen and oxygen atoms in total. The molecule has 0 amide bonds. The molecule has 0 fully saturated rings. The van der Waals surface area contributed by atoms with Gasteiger partial charge in [0.05, 0.1) is 12.3 Å². The fraction of sp³-hybridized carbons (Fsp3) is 0.400. The number of hydrazone groups is 1. The second-order valence-electron chi connectivity index (χ2n) is 5.17. The molecule has 1 N–H and O–H groups in total. The fourth-order valence-electron chi connectivity index (χ4n) is 2.19. The Balaban J connectivity index is 2.40. The number of anilines is 1. The van der Waals surface area contributed by atoms with Gasteiger partial charge in [-0.2, -0.15) is 5.10 Å². The van der Waals surface area contributed by atoms with Gasteiger partial charge in [-0.05, 0) is 32.9 Å². The van der Waals surface area contributed by atoms with Crippen molar-refractivity contribution in [3.05, 3.63) is 29.8 Å². The third-order valence-electron chi connectivity index (χ3n) is 3.45. The maximum absolute atomic E-state index is 11.8. The number of esters is 1. The molecule has 0 spiro atoms. The van der Waals surface area contributed by atoms with Gasteiger partial charge in [-0.25, -0.2) is 14.6 Å². The largest absolute Gasteiger partial charge is 0.479 e. The number of nitrogens with zero attached hydrogens (tertiary/aromatic N) is 2. The van der Waals surface area contributed by atoms with Crippen LogP contribution in [0.2, 0.25) is 0 Å². The number of ether oxygens (including phenoxy) is 1. The molecule has 2 rings (SSSR count). The molecule has 112 valence electrons. The van der Waals surface area contributed by atoms with Crippen LogP contribution in [0.25, 0.3) is 0 Å². The van der Waals surface area contributed by atoms with Crippen molar-refractivity contribution < 1.29 is 19.4 Å². The van der Waals surface area contributed by atoms with E-state index in [-0.39, 0.29) is 18.7 Å². The van der Waals surface area contributed by atoms with Crippen LogP contribution in [0, 0.1) is 6.92 Å². The summed E-state index contributed by atoms with van der Waals surface area (Å²) in [5, 5.41) is 15.1. The van der Waals surface area contributed by atoms with Crippen LogP contribution in [0.15, 0.2) is 29.4 Å². The Hall–Kier alpha value is -2.37. The van der Waals surface area contributed by atoms with E-state index in [9.17, 15) is 14.7 Å². The lowest BCUT2D eigenvalue weighted by Crippen LogP contribution is -2.47. The number of hydrogen-bond donors (Lipinski definition) is 1. The number of carbonyl (C=O) groups excluding carboxylic acids is 1. The Morgan fingerprint density at radius 2 is 2.00 bits per heavy atom. The molecular weight excluding hydrogens is 272 g/mol. The van der Waals surface area contributed by atoms with E-state index in [0.29, 0.717) is 5.69 Å². The van der Waals surface area contributed by atoms with E-state index in [1.165, 1.54) is 5.01 Å². The second kappa shape index (κ2) is 5.55. The molecule has 6 heteroatoms. The molecule has 1 aromatic carbocycles. The zero-order chi connectivity index (χ0) is 15.6. The van der Waals surface area contributed by atoms with Crippen LogP contribution < -0.4 is 5.01 Å². The number of carboxylic acids is 1. The number of benzene rings is 1. The molecule has 1 aromatic rings. The van der Waals surface area contributed by atoms with Crippen LogP contribution in [-0.2, 0) is 14.3 Å². The smallest absolute Gasteiger partial charge is 0.354 e. The molecule has 0 aromatic heterocycles. The fourth-order valence-corrected chi connectivity index (χ4v) is 2.19. The Kier molecular flexibility index (Phi) is 3.97. The van der Waals surface area contributed by atoms with Gasteiger partial charge in [0.25, 0.3) is 0 Å².